The van der Waals surface area contributed by atoms with Crippen LogP contribution in [0.25, 0.3) is 0 Å². The summed E-state index contributed by atoms with van der Waals surface area (Å²) in [5, 5.41) is 0. The highest BCUT2D eigenvalue weighted by Gasteiger charge is 2.14. The number of ketones is 1. The molecule has 0 heterocycles. The van der Waals surface area contributed by atoms with E-state index in [0.29, 0.717) is 23.5 Å². The van der Waals surface area contributed by atoms with E-state index >= 15 is 0 Å². The number of hydrogen-bond donors (Lipinski definition) is 0. The second kappa shape index (κ2) is 6.66. The molecular formula is C16H14BrFO2. The van der Waals surface area contributed by atoms with Gasteiger partial charge in [0, 0.05) is 10.9 Å². The average molecular weight is 337 g/mol. The molecule has 0 radical (unpaired) electrons. The van der Waals surface area contributed by atoms with E-state index in [9.17, 15) is 9.18 Å². The van der Waals surface area contributed by atoms with Crippen LogP contribution in [0.15, 0.2) is 46.9 Å². The third-order valence-corrected chi connectivity index (χ3v) is 3.34. The Morgan fingerprint density at radius 1 is 1.25 bits per heavy atom. The summed E-state index contributed by atoms with van der Waals surface area (Å²) in [4.78, 5) is 12.3. The van der Waals surface area contributed by atoms with Crippen LogP contribution in [0.2, 0.25) is 0 Å². The summed E-state index contributed by atoms with van der Waals surface area (Å²) in [6, 6.07) is 11.6. The van der Waals surface area contributed by atoms with Crippen LogP contribution in [0, 0.1) is 5.82 Å². The van der Waals surface area contributed by atoms with Gasteiger partial charge < -0.3 is 4.74 Å². The van der Waals surface area contributed by atoms with E-state index in [-0.39, 0.29) is 18.0 Å². The van der Waals surface area contributed by atoms with Crippen LogP contribution in [-0.4, -0.2) is 12.4 Å². The molecule has 104 valence electrons. The van der Waals surface area contributed by atoms with Gasteiger partial charge in [0.1, 0.15) is 11.6 Å². The van der Waals surface area contributed by atoms with E-state index in [1.54, 1.807) is 30.3 Å². The number of benzene rings is 2. The SMILES string of the molecule is CCOc1ccccc1C(=O)Cc1cc(Br)ccc1F. The van der Waals surface area contributed by atoms with Gasteiger partial charge in [0.25, 0.3) is 0 Å². The largest absolute Gasteiger partial charge is 0.493 e. The molecule has 2 nitrogen and oxygen atoms in total. The molecule has 0 bridgehead atoms. The van der Waals surface area contributed by atoms with Crippen molar-refractivity contribution in [2.75, 3.05) is 6.61 Å². The fourth-order valence-electron chi connectivity index (χ4n) is 1.93. The molecule has 4 heteroatoms. The topological polar surface area (TPSA) is 26.3 Å². The Labute approximate surface area is 125 Å². The molecule has 2 aromatic rings. The minimum absolute atomic E-state index is 0.00929. The Morgan fingerprint density at radius 2 is 2.00 bits per heavy atom. The van der Waals surface area contributed by atoms with Crippen LogP contribution in [0.1, 0.15) is 22.8 Å². The Hall–Kier alpha value is -1.68. The fraction of sp³-hybridized carbons (Fsp3) is 0.188. The summed E-state index contributed by atoms with van der Waals surface area (Å²) in [6.45, 7) is 2.34. The lowest BCUT2D eigenvalue weighted by Crippen LogP contribution is -2.08. The van der Waals surface area contributed by atoms with Gasteiger partial charge in [0.15, 0.2) is 5.78 Å². The smallest absolute Gasteiger partial charge is 0.171 e. The highest BCUT2D eigenvalue weighted by atomic mass is 79.9. The van der Waals surface area contributed by atoms with Crippen molar-refractivity contribution in [2.24, 2.45) is 0 Å². The third kappa shape index (κ3) is 3.45. The molecule has 0 aliphatic heterocycles. The summed E-state index contributed by atoms with van der Waals surface area (Å²) < 4.78 is 19.9. The molecule has 0 saturated carbocycles. The summed E-state index contributed by atoms with van der Waals surface area (Å²) >= 11 is 3.28. The first kappa shape index (κ1) is 14.7. The van der Waals surface area contributed by atoms with E-state index in [0.717, 1.165) is 4.47 Å². The number of ether oxygens (including phenoxy) is 1. The third-order valence-electron chi connectivity index (χ3n) is 2.85. The molecule has 0 aliphatic rings. The highest BCUT2D eigenvalue weighted by Crippen LogP contribution is 2.22. The van der Waals surface area contributed by atoms with Crippen molar-refractivity contribution in [3.63, 3.8) is 0 Å². The molecule has 0 saturated heterocycles. The highest BCUT2D eigenvalue weighted by molar-refractivity contribution is 9.10. The summed E-state index contributed by atoms with van der Waals surface area (Å²) in [6.07, 6.45) is 0.00929. The molecule has 0 unspecified atom stereocenters. The van der Waals surface area contributed by atoms with Crippen LogP contribution >= 0.6 is 15.9 Å². The average Bonchev–Trinajstić information content (AvgIpc) is 2.44. The van der Waals surface area contributed by atoms with Gasteiger partial charge in [-0.1, -0.05) is 28.1 Å². The molecule has 0 N–H and O–H groups in total. The van der Waals surface area contributed by atoms with Gasteiger partial charge in [-0.25, -0.2) is 4.39 Å². The van der Waals surface area contributed by atoms with E-state index in [2.05, 4.69) is 15.9 Å². The van der Waals surface area contributed by atoms with E-state index in [4.69, 9.17) is 4.74 Å². The first-order chi connectivity index (χ1) is 9.61. The predicted octanol–water partition coefficient (Wildman–Crippen LogP) is 4.41. The maximum atomic E-state index is 13.7. The van der Waals surface area contributed by atoms with Crippen molar-refractivity contribution in [3.8, 4) is 5.75 Å². The van der Waals surface area contributed by atoms with Crippen LogP contribution in [0.3, 0.4) is 0 Å². The first-order valence-corrected chi connectivity index (χ1v) is 7.10. The number of Topliss-reactive ketones (excluding diaryl/α,β-unsaturated/α-hetero) is 1. The quantitative estimate of drug-likeness (QED) is 0.756. The monoisotopic (exact) mass is 336 g/mol. The van der Waals surface area contributed by atoms with E-state index in [1.165, 1.54) is 6.07 Å². The maximum Gasteiger partial charge on any atom is 0.171 e. The second-order valence-electron chi connectivity index (χ2n) is 4.26. The van der Waals surface area contributed by atoms with Crippen molar-refractivity contribution < 1.29 is 13.9 Å². The number of rotatable bonds is 5. The minimum atomic E-state index is -0.379. The lowest BCUT2D eigenvalue weighted by Gasteiger charge is -2.09. The Kier molecular flexibility index (Phi) is 4.90. The zero-order chi connectivity index (χ0) is 14.5. The molecule has 20 heavy (non-hydrogen) atoms. The van der Waals surface area contributed by atoms with Crippen LogP contribution in [0.5, 0.6) is 5.75 Å². The number of carbonyl (C=O) groups is 1. The summed E-state index contributed by atoms with van der Waals surface area (Å²) in [5.41, 5.74) is 0.851. The van der Waals surface area contributed by atoms with Crippen molar-refractivity contribution in [1.82, 2.24) is 0 Å². The lowest BCUT2D eigenvalue weighted by atomic mass is 10.0. The molecule has 0 amide bonds. The van der Waals surface area contributed by atoms with Crippen LogP contribution < -0.4 is 4.74 Å². The van der Waals surface area contributed by atoms with Gasteiger partial charge in [0.2, 0.25) is 0 Å². The lowest BCUT2D eigenvalue weighted by molar-refractivity contribution is 0.0988. The number of carbonyl (C=O) groups excluding carboxylic acids is 1. The van der Waals surface area contributed by atoms with Gasteiger partial charge in [-0.05, 0) is 42.8 Å². The zero-order valence-electron chi connectivity index (χ0n) is 11.0. The number of halogens is 2. The standard InChI is InChI=1S/C16H14BrFO2/c1-2-20-16-6-4-3-5-13(16)15(19)10-11-9-12(17)7-8-14(11)18/h3-9H,2,10H2,1H3. The van der Waals surface area contributed by atoms with Crippen LogP contribution in [-0.2, 0) is 6.42 Å². The maximum absolute atomic E-state index is 13.7. The molecule has 0 aromatic heterocycles. The van der Waals surface area contributed by atoms with Gasteiger partial charge >= 0.3 is 0 Å². The van der Waals surface area contributed by atoms with Crippen molar-refractivity contribution in [2.45, 2.75) is 13.3 Å². The Bertz CT molecular complexity index is 626. The van der Waals surface area contributed by atoms with Gasteiger partial charge in [0.05, 0.1) is 12.2 Å². The Morgan fingerprint density at radius 3 is 2.75 bits per heavy atom. The van der Waals surface area contributed by atoms with Crippen LogP contribution in [0.4, 0.5) is 4.39 Å². The van der Waals surface area contributed by atoms with Crippen molar-refractivity contribution in [1.29, 1.82) is 0 Å². The predicted molar refractivity (Wildman–Crippen MR) is 79.7 cm³/mol. The van der Waals surface area contributed by atoms with Crippen molar-refractivity contribution >= 4 is 21.7 Å². The summed E-state index contributed by atoms with van der Waals surface area (Å²) in [5.74, 6) is -0.00287. The van der Waals surface area contributed by atoms with Gasteiger partial charge in [-0.3, -0.25) is 4.79 Å². The molecule has 0 fully saturated rings. The number of hydrogen-bond acceptors (Lipinski definition) is 2. The fourth-order valence-corrected chi connectivity index (χ4v) is 2.33. The molecule has 0 aliphatic carbocycles. The van der Waals surface area contributed by atoms with E-state index in [1.807, 2.05) is 13.0 Å². The van der Waals surface area contributed by atoms with Gasteiger partial charge in [-0.2, -0.15) is 0 Å². The summed E-state index contributed by atoms with van der Waals surface area (Å²) in [7, 11) is 0. The normalized spacial score (nSPS) is 10.3. The molecule has 0 spiro atoms. The molecular weight excluding hydrogens is 323 g/mol. The molecule has 2 rings (SSSR count). The van der Waals surface area contributed by atoms with E-state index < -0.39 is 0 Å². The van der Waals surface area contributed by atoms with Gasteiger partial charge in [-0.15, -0.1) is 0 Å². The number of para-hydroxylation sites is 1. The van der Waals surface area contributed by atoms with Crippen molar-refractivity contribution in [3.05, 3.63) is 63.9 Å². The first-order valence-electron chi connectivity index (χ1n) is 6.30. The molecule has 2 aromatic carbocycles. The second-order valence-corrected chi connectivity index (χ2v) is 5.18. The molecule has 0 atom stereocenters. The minimum Gasteiger partial charge on any atom is -0.493 e. The zero-order valence-corrected chi connectivity index (χ0v) is 12.6. The Balaban J connectivity index is 2.26.